The summed E-state index contributed by atoms with van der Waals surface area (Å²) in [6.07, 6.45) is -2.18. The first-order chi connectivity index (χ1) is 15.2. The van der Waals surface area contributed by atoms with E-state index in [2.05, 4.69) is 16.0 Å². The number of hydrogen-bond donors (Lipinski definition) is 8. The van der Waals surface area contributed by atoms with Crippen molar-refractivity contribution < 1.29 is 39.0 Å². The van der Waals surface area contributed by atoms with Crippen LogP contribution in [0.5, 0.6) is 0 Å². The van der Waals surface area contributed by atoms with Crippen molar-refractivity contribution in [1.82, 2.24) is 16.0 Å². The number of primary amides is 2. The van der Waals surface area contributed by atoms with Gasteiger partial charge in [-0.25, -0.2) is 4.79 Å². The van der Waals surface area contributed by atoms with Crippen molar-refractivity contribution in [3.63, 3.8) is 0 Å². The number of rotatable bonds is 15. The molecule has 14 nitrogen and oxygen atoms in total. The second kappa shape index (κ2) is 14.0. The minimum Gasteiger partial charge on any atom is -0.480 e. The minimum absolute atomic E-state index is 0.230. The van der Waals surface area contributed by atoms with Gasteiger partial charge in [-0.3, -0.25) is 24.0 Å². The molecule has 0 fully saturated rings. The summed E-state index contributed by atoms with van der Waals surface area (Å²) in [5, 5.41) is 25.7. The van der Waals surface area contributed by atoms with E-state index in [4.69, 9.17) is 17.2 Å². The van der Waals surface area contributed by atoms with Crippen LogP contribution in [0.15, 0.2) is 0 Å². The molecule has 0 saturated heterocycles. The molecule has 0 aromatic heterocycles. The SMILES string of the molecule is CCC(C)C(N)C(=O)NC(CC(N)=O)C(=O)NC(C(=O)NC(CCC(N)=O)C(=O)O)C(C)O. The highest BCUT2D eigenvalue weighted by atomic mass is 16.4. The third-order valence-corrected chi connectivity index (χ3v) is 4.95. The first-order valence-electron chi connectivity index (χ1n) is 10.3. The van der Waals surface area contributed by atoms with E-state index in [1.165, 1.54) is 0 Å². The number of carbonyl (C=O) groups excluding carboxylic acids is 5. The van der Waals surface area contributed by atoms with Crippen LogP contribution >= 0.6 is 0 Å². The molecule has 0 saturated carbocycles. The lowest BCUT2D eigenvalue weighted by Gasteiger charge is -2.26. The number of nitrogens with two attached hydrogens (primary N) is 3. The second-order valence-corrected chi connectivity index (χ2v) is 7.77. The highest BCUT2D eigenvalue weighted by Crippen LogP contribution is 2.07. The number of aliphatic hydroxyl groups excluding tert-OH is 1. The normalized spacial score (nSPS) is 16.3. The van der Waals surface area contributed by atoms with Crippen LogP contribution < -0.4 is 33.2 Å². The molecule has 11 N–H and O–H groups in total. The molecule has 0 aromatic rings. The van der Waals surface area contributed by atoms with E-state index in [0.29, 0.717) is 6.42 Å². The number of carboxylic acid groups (broad SMARTS) is 1. The average Bonchev–Trinajstić information content (AvgIpc) is 2.71. The van der Waals surface area contributed by atoms with Crippen molar-refractivity contribution in [3.8, 4) is 0 Å². The lowest BCUT2D eigenvalue weighted by atomic mass is 9.99. The Bertz CT molecular complexity index is 744. The molecular weight excluding hydrogens is 440 g/mol. The van der Waals surface area contributed by atoms with Gasteiger partial charge in [0.25, 0.3) is 0 Å². The van der Waals surface area contributed by atoms with Crippen molar-refractivity contribution in [2.45, 2.75) is 76.7 Å². The topological polar surface area (TPSA) is 257 Å². The van der Waals surface area contributed by atoms with E-state index >= 15 is 0 Å². The molecule has 0 heterocycles. The van der Waals surface area contributed by atoms with E-state index in [0.717, 1.165) is 6.92 Å². The summed E-state index contributed by atoms with van der Waals surface area (Å²) >= 11 is 0. The molecule has 6 unspecified atom stereocenters. The van der Waals surface area contributed by atoms with Crippen molar-refractivity contribution in [2.75, 3.05) is 0 Å². The van der Waals surface area contributed by atoms with Crippen LogP contribution in [-0.4, -0.2) is 76.0 Å². The van der Waals surface area contributed by atoms with Gasteiger partial charge in [-0.15, -0.1) is 0 Å². The third kappa shape index (κ3) is 10.7. The fourth-order valence-corrected chi connectivity index (χ4v) is 2.66. The Morgan fingerprint density at radius 3 is 1.82 bits per heavy atom. The highest BCUT2D eigenvalue weighted by Gasteiger charge is 2.33. The monoisotopic (exact) mass is 474 g/mol. The van der Waals surface area contributed by atoms with Crippen LogP contribution in [0.1, 0.15) is 46.5 Å². The van der Waals surface area contributed by atoms with Gasteiger partial charge in [0, 0.05) is 6.42 Å². The fraction of sp³-hybridized carbons (Fsp3) is 0.684. The van der Waals surface area contributed by atoms with Gasteiger partial charge in [0.2, 0.25) is 29.5 Å². The first-order valence-corrected chi connectivity index (χ1v) is 10.3. The lowest BCUT2D eigenvalue weighted by Crippen LogP contribution is -2.60. The summed E-state index contributed by atoms with van der Waals surface area (Å²) in [5.41, 5.74) is 16.0. The molecule has 188 valence electrons. The molecule has 0 rings (SSSR count). The van der Waals surface area contributed by atoms with Crippen LogP contribution in [0.25, 0.3) is 0 Å². The van der Waals surface area contributed by atoms with Crippen LogP contribution in [0.4, 0.5) is 0 Å². The molecular formula is C19H34N6O8. The Balaban J connectivity index is 5.48. The number of carbonyl (C=O) groups is 6. The van der Waals surface area contributed by atoms with E-state index in [1.54, 1.807) is 6.92 Å². The average molecular weight is 475 g/mol. The zero-order valence-corrected chi connectivity index (χ0v) is 18.9. The Kier molecular flexibility index (Phi) is 12.6. The van der Waals surface area contributed by atoms with Crippen LogP contribution in [0.2, 0.25) is 0 Å². The van der Waals surface area contributed by atoms with Gasteiger partial charge in [0.1, 0.15) is 18.1 Å². The van der Waals surface area contributed by atoms with E-state index in [-0.39, 0.29) is 18.8 Å². The molecule has 0 aromatic carbocycles. The molecule has 0 aliphatic carbocycles. The lowest BCUT2D eigenvalue weighted by molar-refractivity contribution is -0.143. The van der Waals surface area contributed by atoms with Gasteiger partial charge in [0.15, 0.2) is 0 Å². The largest absolute Gasteiger partial charge is 0.480 e. The second-order valence-electron chi connectivity index (χ2n) is 7.77. The van der Waals surface area contributed by atoms with Crippen molar-refractivity contribution in [3.05, 3.63) is 0 Å². The summed E-state index contributed by atoms with van der Waals surface area (Å²) in [5.74, 6) is -6.22. The van der Waals surface area contributed by atoms with Crippen molar-refractivity contribution in [2.24, 2.45) is 23.1 Å². The van der Waals surface area contributed by atoms with E-state index in [9.17, 15) is 39.0 Å². The van der Waals surface area contributed by atoms with Crippen molar-refractivity contribution in [1.29, 1.82) is 0 Å². The number of nitrogens with one attached hydrogen (secondary N) is 3. The Hall–Kier alpha value is -3.26. The van der Waals surface area contributed by atoms with E-state index < -0.39 is 72.2 Å². The number of aliphatic carboxylic acids is 1. The van der Waals surface area contributed by atoms with Crippen LogP contribution in [-0.2, 0) is 28.8 Å². The van der Waals surface area contributed by atoms with Gasteiger partial charge < -0.3 is 43.4 Å². The van der Waals surface area contributed by atoms with Crippen LogP contribution in [0, 0.1) is 5.92 Å². The Morgan fingerprint density at radius 1 is 0.848 bits per heavy atom. The molecule has 0 aliphatic heterocycles. The maximum Gasteiger partial charge on any atom is 0.326 e. The summed E-state index contributed by atoms with van der Waals surface area (Å²) in [4.78, 5) is 71.2. The summed E-state index contributed by atoms with van der Waals surface area (Å²) < 4.78 is 0. The van der Waals surface area contributed by atoms with Gasteiger partial charge in [-0.1, -0.05) is 20.3 Å². The molecule has 14 heteroatoms. The summed E-state index contributed by atoms with van der Waals surface area (Å²) in [7, 11) is 0. The standard InChI is InChI=1S/C19H34N6O8/c1-4-8(2)14(22)17(30)24-11(7-13(21)28)16(29)25-15(9(3)26)18(31)23-10(19(32)33)5-6-12(20)27/h8-11,14-15,26H,4-7,22H2,1-3H3,(H2,20,27)(H2,21,28)(H,23,31)(H,24,30)(H,25,29)(H,32,33). The minimum atomic E-state index is -1.65. The molecule has 33 heavy (non-hydrogen) atoms. The smallest absolute Gasteiger partial charge is 0.326 e. The zero-order valence-electron chi connectivity index (χ0n) is 18.9. The predicted molar refractivity (Wildman–Crippen MR) is 115 cm³/mol. The van der Waals surface area contributed by atoms with Crippen molar-refractivity contribution >= 4 is 35.5 Å². The predicted octanol–water partition coefficient (Wildman–Crippen LogP) is -3.58. The van der Waals surface area contributed by atoms with Gasteiger partial charge in [0.05, 0.1) is 18.6 Å². The summed E-state index contributed by atoms with van der Waals surface area (Å²) in [6, 6.07) is -5.64. The number of aliphatic hydroxyl groups is 1. The quantitative estimate of drug-likeness (QED) is 0.116. The third-order valence-electron chi connectivity index (χ3n) is 4.95. The molecule has 6 atom stereocenters. The van der Waals surface area contributed by atoms with Crippen LogP contribution in [0.3, 0.4) is 0 Å². The first kappa shape index (κ1) is 29.7. The maximum absolute atomic E-state index is 12.7. The zero-order chi connectivity index (χ0) is 25.9. The summed E-state index contributed by atoms with van der Waals surface area (Å²) in [6.45, 7) is 4.69. The molecule has 0 radical (unpaired) electrons. The molecule has 0 aliphatic rings. The molecule has 5 amide bonds. The van der Waals surface area contributed by atoms with E-state index in [1.807, 2.05) is 6.92 Å². The maximum atomic E-state index is 12.7. The molecule has 0 bridgehead atoms. The number of carboxylic acids is 1. The van der Waals surface area contributed by atoms with Gasteiger partial charge in [-0.2, -0.15) is 0 Å². The fourth-order valence-electron chi connectivity index (χ4n) is 2.66. The van der Waals surface area contributed by atoms with Gasteiger partial charge >= 0.3 is 5.97 Å². The Labute approximate surface area is 191 Å². The van der Waals surface area contributed by atoms with Gasteiger partial charge in [-0.05, 0) is 19.3 Å². The highest BCUT2D eigenvalue weighted by molar-refractivity contribution is 5.96. The Morgan fingerprint density at radius 2 is 1.39 bits per heavy atom. The molecule has 0 spiro atoms. The number of amides is 5. The number of hydrogen-bond acceptors (Lipinski definition) is 8.